The fourth-order valence-corrected chi connectivity index (χ4v) is 3.23. The lowest BCUT2D eigenvalue weighted by Gasteiger charge is -2.47. The van der Waals surface area contributed by atoms with Crippen LogP contribution in [0.5, 0.6) is 0 Å². The first kappa shape index (κ1) is 14.5. The molecule has 0 saturated carbocycles. The van der Waals surface area contributed by atoms with E-state index >= 15 is 0 Å². The lowest BCUT2D eigenvalue weighted by Crippen LogP contribution is -2.58. The number of nitrogens with two attached hydrogens (primary N) is 1. The summed E-state index contributed by atoms with van der Waals surface area (Å²) in [7, 11) is 0. The topological polar surface area (TPSA) is 29.3 Å². The number of hydrogen-bond donors (Lipinski definition) is 1. The summed E-state index contributed by atoms with van der Waals surface area (Å²) in [5.41, 5.74) is 7.19. The van der Waals surface area contributed by atoms with Gasteiger partial charge in [-0.15, -0.1) is 0 Å². The molecule has 106 valence electrons. The smallest absolute Gasteiger partial charge is 0.123 e. The van der Waals surface area contributed by atoms with Gasteiger partial charge in [0.25, 0.3) is 0 Å². The van der Waals surface area contributed by atoms with Gasteiger partial charge in [0.15, 0.2) is 0 Å². The Morgan fingerprint density at radius 3 is 2.58 bits per heavy atom. The second-order valence-corrected chi connectivity index (χ2v) is 6.04. The predicted molar refractivity (Wildman–Crippen MR) is 77.6 cm³/mol. The fourth-order valence-electron chi connectivity index (χ4n) is 3.23. The maximum atomic E-state index is 13.0. The molecular weight excluding hydrogens is 239 g/mol. The maximum Gasteiger partial charge on any atom is 0.123 e. The van der Waals surface area contributed by atoms with Crippen molar-refractivity contribution in [2.24, 2.45) is 5.73 Å². The van der Waals surface area contributed by atoms with Crippen molar-refractivity contribution >= 4 is 0 Å². The Hall–Kier alpha value is -0.930. The minimum absolute atomic E-state index is 0.0301. The molecule has 19 heavy (non-hydrogen) atoms. The van der Waals surface area contributed by atoms with E-state index in [0.29, 0.717) is 12.6 Å². The van der Waals surface area contributed by atoms with Crippen molar-refractivity contribution in [3.8, 4) is 0 Å². The third kappa shape index (κ3) is 3.34. The maximum absolute atomic E-state index is 13.0. The summed E-state index contributed by atoms with van der Waals surface area (Å²) in [6, 6.07) is 7.40. The van der Waals surface area contributed by atoms with E-state index in [1.54, 1.807) is 0 Å². The number of piperidine rings is 1. The van der Waals surface area contributed by atoms with E-state index in [1.165, 1.54) is 31.4 Å². The van der Waals surface area contributed by atoms with Gasteiger partial charge in [0.2, 0.25) is 0 Å². The minimum Gasteiger partial charge on any atom is -0.329 e. The monoisotopic (exact) mass is 264 g/mol. The zero-order valence-electron chi connectivity index (χ0n) is 12.0. The molecule has 2 rings (SSSR count). The molecule has 1 aliphatic heterocycles. The highest BCUT2D eigenvalue weighted by atomic mass is 19.1. The van der Waals surface area contributed by atoms with Gasteiger partial charge in [0.1, 0.15) is 5.82 Å². The van der Waals surface area contributed by atoms with Crippen LogP contribution in [-0.2, 0) is 6.42 Å². The number of benzene rings is 1. The van der Waals surface area contributed by atoms with E-state index in [2.05, 4.69) is 18.7 Å². The van der Waals surface area contributed by atoms with Crippen LogP contribution in [0.25, 0.3) is 0 Å². The summed E-state index contributed by atoms with van der Waals surface area (Å²) >= 11 is 0. The summed E-state index contributed by atoms with van der Waals surface area (Å²) < 4.78 is 13.0. The molecule has 1 aliphatic rings. The van der Waals surface area contributed by atoms with Crippen LogP contribution in [0.2, 0.25) is 0 Å². The Balaban J connectivity index is 2.14. The largest absolute Gasteiger partial charge is 0.329 e. The van der Waals surface area contributed by atoms with Crippen LogP contribution < -0.4 is 5.73 Å². The summed E-state index contributed by atoms with van der Waals surface area (Å²) in [4.78, 5) is 2.54. The first-order valence-corrected chi connectivity index (χ1v) is 7.26. The molecule has 0 bridgehead atoms. The summed E-state index contributed by atoms with van der Waals surface area (Å²) in [6.07, 6.45) is 4.70. The molecule has 0 radical (unpaired) electrons. The molecule has 3 heteroatoms. The van der Waals surface area contributed by atoms with Gasteiger partial charge in [0.05, 0.1) is 0 Å². The molecule has 0 aromatic heterocycles. The van der Waals surface area contributed by atoms with Gasteiger partial charge >= 0.3 is 0 Å². The summed E-state index contributed by atoms with van der Waals surface area (Å²) in [5.74, 6) is -0.176. The third-order valence-electron chi connectivity index (χ3n) is 4.43. The Labute approximate surface area is 115 Å². The number of likely N-dealkylation sites (tertiary alicyclic amines) is 1. The molecular formula is C16H25FN2. The van der Waals surface area contributed by atoms with E-state index in [9.17, 15) is 4.39 Å². The Kier molecular flexibility index (Phi) is 4.58. The number of halogens is 1. The predicted octanol–water partition coefficient (Wildman–Crippen LogP) is 2.96. The van der Waals surface area contributed by atoms with E-state index in [0.717, 1.165) is 18.5 Å². The van der Waals surface area contributed by atoms with E-state index in [4.69, 9.17) is 5.73 Å². The molecule has 0 spiro atoms. The Morgan fingerprint density at radius 1 is 1.32 bits per heavy atom. The molecule has 1 saturated heterocycles. The quantitative estimate of drug-likeness (QED) is 0.906. The van der Waals surface area contributed by atoms with Crippen molar-refractivity contribution < 1.29 is 4.39 Å². The fraction of sp³-hybridized carbons (Fsp3) is 0.625. The van der Waals surface area contributed by atoms with E-state index in [-0.39, 0.29) is 11.4 Å². The molecule has 2 N–H and O–H groups in total. The van der Waals surface area contributed by atoms with Crippen LogP contribution in [0, 0.1) is 5.82 Å². The van der Waals surface area contributed by atoms with Crippen LogP contribution in [0.3, 0.4) is 0 Å². The van der Waals surface area contributed by atoms with Crippen molar-refractivity contribution in [1.82, 2.24) is 4.90 Å². The molecule has 1 aromatic carbocycles. The zero-order valence-corrected chi connectivity index (χ0v) is 12.0. The van der Waals surface area contributed by atoms with Crippen LogP contribution >= 0.6 is 0 Å². The number of nitrogens with zero attached hydrogens (tertiary/aromatic N) is 1. The molecule has 2 nitrogen and oxygen atoms in total. The van der Waals surface area contributed by atoms with Crippen molar-refractivity contribution in [1.29, 1.82) is 0 Å². The van der Waals surface area contributed by atoms with Gasteiger partial charge in [-0.25, -0.2) is 4.39 Å². The van der Waals surface area contributed by atoms with Crippen LogP contribution in [0.1, 0.15) is 38.7 Å². The normalized spacial score (nSPS) is 24.1. The summed E-state index contributed by atoms with van der Waals surface area (Å²) in [6.45, 7) is 6.28. The van der Waals surface area contributed by atoms with E-state index < -0.39 is 0 Å². The highest BCUT2D eigenvalue weighted by Gasteiger charge is 2.35. The molecule has 1 aromatic rings. The van der Waals surface area contributed by atoms with E-state index in [1.807, 2.05) is 12.1 Å². The average Bonchev–Trinajstić information content (AvgIpc) is 2.42. The Bertz CT molecular complexity index is 404. The third-order valence-corrected chi connectivity index (χ3v) is 4.43. The number of rotatable bonds is 4. The molecule has 1 heterocycles. The molecule has 2 atom stereocenters. The van der Waals surface area contributed by atoms with Crippen molar-refractivity contribution in [3.63, 3.8) is 0 Å². The molecule has 0 amide bonds. The highest BCUT2D eigenvalue weighted by molar-refractivity contribution is 5.19. The molecule has 0 aliphatic carbocycles. The highest BCUT2D eigenvalue weighted by Crippen LogP contribution is 2.28. The minimum atomic E-state index is -0.176. The first-order valence-electron chi connectivity index (χ1n) is 7.26. The van der Waals surface area contributed by atoms with Gasteiger partial charge < -0.3 is 5.73 Å². The van der Waals surface area contributed by atoms with Crippen LogP contribution in [0.4, 0.5) is 4.39 Å². The summed E-state index contributed by atoms with van der Waals surface area (Å²) in [5, 5.41) is 0. The lowest BCUT2D eigenvalue weighted by molar-refractivity contribution is 0.0418. The van der Waals surface area contributed by atoms with Gasteiger partial charge in [0, 0.05) is 18.1 Å². The van der Waals surface area contributed by atoms with Crippen molar-refractivity contribution in [3.05, 3.63) is 35.6 Å². The van der Waals surface area contributed by atoms with Crippen molar-refractivity contribution in [2.75, 3.05) is 13.1 Å². The lowest BCUT2D eigenvalue weighted by atomic mass is 9.87. The number of hydrogen-bond acceptors (Lipinski definition) is 2. The van der Waals surface area contributed by atoms with Crippen LogP contribution in [0.15, 0.2) is 24.3 Å². The Morgan fingerprint density at radius 2 is 2.00 bits per heavy atom. The SMILES string of the molecule is CC1CCCCN1C(C)(CN)Cc1ccc(F)cc1. The van der Waals surface area contributed by atoms with Crippen LogP contribution in [-0.4, -0.2) is 29.6 Å². The van der Waals surface area contributed by atoms with Gasteiger partial charge in [-0.1, -0.05) is 18.6 Å². The second kappa shape index (κ2) is 6.02. The standard InChI is InChI=1S/C16H25FN2/c1-13-5-3-4-10-19(13)16(2,12-18)11-14-6-8-15(17)9-7-14/h6-9,13H,3-5,10-12,18H2,1-2H3. The van der Waals surface area contributed by atoms with Crippen molar-refractivity contribution in [2.45, 2.75) is 51.1 Å². The van der Waals surface area contributed by atoms with Gasteiger partial charge in [-0.05, 0) is 57.4 Å². The van der Waals surface area contributed by atoms with Gasteiger partial charge in [-0.2, -0.15) is 0 Å². The second-order valence-electron chi connectivity index (χ2n) is 6.04. The van der Waals surface area contributed by atoms with Gasteiger partial charge in [-0.3, -0.25) is 4.90 Å². The zero-order chi connectivity index (χ0) is 13.9. The first-order chi connectivity index (χ1) is 9.05. The average molecular weight is 264 g/mol. The molecule has 2 unspecified atom stereocenters. The molecule has 1 fully saturated rings.